The average molecular weight is 402 g/mol. The molecule has 0 radical (unpaired) electrons. The summed E-state index contributed by atoms with van der Waals surface area (Å²) < 4.78 is 18.6. The van der Waals surface area contributed by atoms with Gasteiger partial charge in [-0.1, -0.05) is 17.3 Å². The predicted molar refractivity (Wildman–Crippen MR) is 104 cm³/mol. The molecule has 29 heavy (non-hydrogen) atoms. The van der Waals surface area contributed by atoms with Crippen molar-refractivity contribution in [3.8, 4) is 0 Å². The van der Waals surface area contributed by atoms with E-state index in [9.17, 15) is 14.3 Å². The predicted octanol–water partition coefficient (Wildman–Crippen LogP) is 2.07. The van der Waals surface area contributed by atoms with Gasteiger partial charge in [0.2, 0.25) is 0 Å². The molecule has 2 atom stereocenters. The maximum absolute atomic E-state index is 13.3. The minimum Gasteiger partial charge on any atom is -0.396 e. The molecule has 3 heterocycles. The fourth-order valence-corrected chi connectivity index (χ4v) is 4.68. The summed E-state index contributed by atoms with van der Waals surface area (Å²) in [6.07, 6.45) is 0. The van der Waals surface area contributed by atoms with Crippen molar-refractivity contribution in [2.24, 2.45) is 11.3 Å². The molecule has 2 aliphatic rings. The molecule has 1 aromatic carbocycles. The van der Waals surface area contributed by atoms with Gasteiger partial charge in [-0.3, -0.25) is 4.90 Å². The maximum atomic E-state index is 13.3. The van der Waals surface area contributed by atoms with Crippen LogP contribution in [0.3, 0.4) is 0 Å². The summed E-state index contributed by atoms with van der Waals surface area (Å²) in [4.78, 5) is 16.7. The quantitative estimate of drug-likeness (QED) is 0.800. The number of benzene rings is 1. The Morgan fingerprint density at radius 2 is 2.21 bits per heavy atom. The van der Waals surface area contributed by atoms with Crippen LogP contribution in [-0.2, 0) is 13.1 Å². The van der Waals surface area contributed by atoms with E-state index in [0.29, 0.717) is 13.1 Å². The minimum atomic E-state index is -0.315. The van der Waals surface area contributed by atoms with Crippen LogP contribution in [0.4, 0.5) is 9.18 Å². The number of hydrogen-bond acceptors (Lipinski definition) is 5. The first-order chi connectivity index (χ1) is 13.9. The summed E-state index contributed by atoms with van der Waals surface area (Å²) in [5, 5.41) is 17.0. The number of aromatic nitrogens is 1. The Labute approximate surface area is 169 Å². The molecule has 0 spiro atoms. The van der Waals surface area contributed by atoms with Crippen molar-refractivity contribution in [2.45, 2.75) is 26.9 Å². The Morgan fingerprint density at radius 1 is 1.38 bits per heavy atom. The lowest BCUT2D eigenvalue weighted by molar-refractivity contribution is 0.114. The Hall–Kier alpha value is -2.45. The van der Waals surface area contributed by atoms with Crippen LogP contribution in [0.5, 0.6) is 0 Å². The Bertz CT molecular complexity index is 882. The van der Waals surface area contributed by atoms with E-state index in [0.717, 1.165) is 42.2 Å². The average Bonchev–Trinajstić information content (AvgIpc) is 3.32. The topological polar surface area (TPSA) is 81.8 Å². The first kappa shape index (κ1) is 19.8. The SMILES string of the molecule is Cc1noc(C)c1CN1CC2CN(C(=O)NCc3cccc(F)c3)CC2(CO)C1. The fourth-order valence-electron chi connectivity index (χ4n) is 4.68. The molecule has 156 valence electrons. The van der Waals surface area contributed by atoms with Gasteiger partial charge in [0.25, 0.3) is 0 Å². The molecule has 2 fully saturated rings. The first-order valence-corrected chi connectivity index (χ1v) is 9.92. The highest BCUT2D eigenvalue weighted by Crippen LogP contribution is 2.42. The zero-order valence-corrected chi connectivity index (χ0v) is 16.8. The van der Waals surface area contributed by atoms with Crippen molar-refractivity contribution in [3.05, 3.63) is 52.7 Å². The number of fused-ring (bicyclic) bond motifs is 1. The van der Waals surface area contributed by atoms with E-state index in [1.165, 1.54) is 12.1 Å². The van der Waals surface area contributed by atoms with E-state index in [1.54, 1.807) is 17.0 Å². The lowest BCUT2D eigenvalue weighted by Gasteiger charge is -2.27. The van der Waals surface area contributed by atoms with E-state index in [4.69, 9.17) is 4.52 Å². The van der Waals surface area contributed by atoms with E-state index in [-0.39, 0.29) is 36.3 Å². The van der Waals surface area contributed by atoms with Crippen molar-refractivity contribution >= 4 is 6.03 Å². The third kappa shape index (κ3) is 3.86. The third-order valence-corrected chi connectivity index (χ3v) is 6.33. The van der Waals surface area contributed by atoms with E-state index >= 15 is 0 Å². The molecule has 2 amide bonds. The van der Waals surface area contributed by atoms with E-state index in [1.807, 2.05) is 13.8 Å². The molecule has 0 saturated carbocycles. The van der Waals surface area contributed by atoms with Gasteiger partial charge in [-0.2, -0.15) is 0 Å². The highest BCUT2D eigenvalue weighted by molar-refractivity contribution is 5.74. The van der Waals surface area contributed by atoms with Crippen molar-refractivity contribution in [1.29, 1.82) is 0 Å². The molecule has 2 aliphatic heterocycles. The summed E-state index contributed by atoms with van der Waals surface area (Å²) in [6.45, 7) is 7.59. The monoisotopic (exact) mass is 402 g/mol. The molecule has 0 bridgehead atoms. The molecule has 7 nitrogen and oxygen atoms in total. The lowest BCUT2D eigenvalue weighted by Crippen LogP contribution is -2.42. The van der Waals surface area contributed by atoms with Crippen molar-refractivity contribution in [2.75, 3.05) is 32.8 Å². The number of urea groups is 1. The molecule has 2 aromatic rings. The van der Waals surface area contributed by atoms with Crippen LogP contribution < -0.4 is 5.32 Å². The molecule has 1 aromatic heterocycles. The number of carbonyl (C=O) groups is 1. The second-order valence-corrected chi connectivity index (χ2v) is 8.36. The Kier molecular flexibility index (Phi) is 5.31. The van der Waals surface area contributed by atoms with Gasteiger partial charge in [-0.25, -0.2) is 9.18 Å². The first-order valence-electron chi connectivity index (χ1n) is 9.92. The van der Waals surface area contributed by atoms with Gasteiger partial charge in [0, 0.05) is 56.2 Å². The number of nitrogens with zero attached hydrogens (tertiary/aromatic N) is 3. The maximum Gasteiger partial charge on any atom is 0.317 e. The number of aliphatic hydroxyl groups is 1. The summed E-state index contributed by atoms with van der Waals surface area (Å²) in [5.74, 6) is 0.730. The molecular formula is C21H27FN4O3. The summed E-state index contributed by atoms with van der Waals surface area (Å²) in [6, 6.07) is 6.04. The van der Waals surface area contributed by atoms with Crippen molar-refractivity contribution < 1.29 is 18.8 Å². The summed E-state index contributed by atoms with van der Waals surface area (Å²) in [5.41, 5.74) is 2.41. The highest BCUT2D eigenvalue weighted by Gasteiger charge is 2.53. The summed E-state index contributed by atoms with van der Waals surface area (Å²) in [7, 11) is 0. The Balaban J connectivity index is 1.36. The van der Waals surface area contributed by atoms with Crippen LogP contribution in [0.1, 0.15) is 22.6 Å². The zero-order chi connectivity index (χ0) is 20.6. The summed E-state index contributed by atoms with van der Waals surface area (Å²) >= 11 is 0. The zero-order valence-electron chi connectivity index (χ0n) is 16.8. The van der Waals surface area contributed by atoms with Crippen LogP contribution in [-0.4, -0.2) is 58.9 Å². The molecule has 2 saturated heterocycles. The molecular weight excluding hydrogens is 375 g/mol. The smallest absolute Gasteiger partial charge is 0.317 e. The number of halogens is 1. The molecule has 0 aliphatic carbocycles. The number of rotatable bonds is 5. The molecule has 2 N–H and O–H groups in total. The number of aryl methyl sites for hydroxylation is 2. The van der Waals surface area contributed by atoms with Gasteiger partial charge in [-0.05, 0) is 31.5 Å². The minimum absolute atomic E-state index is 0.0451. The lowest BCUT2D eigenvalue weighted by atomic mass is 9.82. The number of nitrogens with one attached hydrogen (secondary N) is 1. The van der Waals surface area contributed by atoms with Gasteiger partial charge in [0.1, 0.15) is 11.6 Å². The largest absolute Gasteiger partial charge is 0.396 e. The fraction of sp³-hybridized carbons (Fsp3) is 0.524. The van der Waals surface area contributed by atoms with Gasteiger partial charge in [-0.15, -0.1) is 0 Å². The van der Waals surface area contributed by atoms with Gasteiger partial charge in [0.15, 0.2) is 0 Å². The van der Waals surface area contributed by atoms with Crippen molar-refractivity contribution in [3.63, 3.8) is 0 Å². The van der Waals surface area contributed by atoms with E-state index in [2.05, 4.69) is 15.4 Å². The second-order valence-electron chi connectivity index (χ2n) is 8.36. The van der Waals surface area contributed by atoms with Crippen LogP contribution in [0.2, 0.25) is 0 Å². The van der Waals surface area contributed by atoms with Gasteiger partial charge >= 0.3 is 6.03 Å². The normalized spacial score (nSPS) is 24.1. The van der Waals surface area contributed by atoms with Crippen LogP contribution >= 0.6 is 0 Å². The van der Waals surface area contributed by atoms with Gasteiger partial charge in [0.05, 0.1) is 12.3 Å². The highest BCUT2D eigenvalue weighted by atomic mass is 19.1. The standard InChI is InChI=1S/C21H27FN4O3/c1-14-19(15(2)29-24-14)10-25-8-17-9-26(12-21(17,11-25)13-27)20(28)23-7-16-4-3-5-18(22)6-16/h3-6,17,27H,7-13H2,1-2H3,(H,23,28). The molecule has 4 rings (SSSR count). The number of carbonyl (C=O) groups excluding carboxylic acids is 1. The van der Waals surface area contributed by atoms with Crippen LogP contribution in [0.25, 0.3) is 0 Å². The number of amides is 2. The van der Waals surface area contributed by atoms with Crippen molar-refractivity contribution in [1.82, 2.24) is 20.3 Å². The van der Waals surface area contributed by atoms with Gasteiger partial charge < -0.3 is 19.8 Å². The number of hydrogen-bond donors (Lipinski definition) is 2. The molecule has 2 unspecified atom stereocenters. The Morgan fingerprint density at radius 3 is 2.86 bits per heavy atom. The number of aliphatic hydroxyl groups excluding tert-OH is 1. The van der Waals surface area contributed by atoms with Crippen LogP contribution in [0.15, 0.2) is 28.8 Å². The number of likely N-dealkylation sites (tertiary alicyclic amines) is 2. The third-order valence-electron chi connectivity index (χ3n) is 6.33. The second kappa shape index (κ2) is 7.76. The van der Waals surface area contributed by atoms with Crippen LogP contribution in [0, 0.1) is 31.0 Å². The van der Waals surface area contributed by atoms with E-state index < -0.39 is 0 Å². The molecule has 8 heteroatoms.